The molecule has 0 atom stereocenters. The van der Waals surface area contributed by atoms with E-state index < -0.39 is 5.97 Å². The first-order valence-corrected chi connectivity index (χ1v) is 7.65. The van der Waals surface area contributed by atoms with Crippen LogP contribution in [0.25, 0.3) is 0 Å². The fourth-order valence-electron chi connectivity index (χ4n) is 2.30. The molecular formula is C17H20N2O4. The molecule has 1 heterocycles. The van der Waals surface area contributed by atoms with Crippen molar-refractivity contribution in [2.45, 2.75) is 19.8 Å². The first-order valence-electron chi connectivity index (χ1n) is 7.65. The van der Waals surface area contributed by atoms with Gasteiger partial charge in [0.25, 0.3) is 5.91 Å². The molecule has 1 saturated heterocycles. The molecule has 1 aliphatic rings. The second-order valence-electron chi connectivity index (χ2n) is 5.65. The van der Waals surface area contributed by atoms with Crippen molar-refractivity contribution in [3.8, 4) is 11.8 Å². The van der Waals surface area contributed by atoms with E-state index in [4.69, 9.17) is 14.7 Å². The van der Waals surface area contributed by atoms with Crippen LogP contribution in [0.15, 0.2) is 24.3 Å². The molecular weight excluding hydrogens is 296 g/mol. The van der Waals surface area contributed by atoms with E-state index in [0.29, 0.717) is 17.2 Å². The molecule has 0 radical (unpaired) electrons. The summed E-state index contributed by atoms with van der Waals surface area (Å²) >= 11 is 0. The second-order valence-corrected chi connectivity index (χ2v) is 5.65. The minimum absolute atomic E-state index is 0.163. The lowest BCUT2D eigenvalue weighted by Gasteiger charge is -2.30. The normalized spacial score (nSPS) is 14.9. The van der Waals surface area contributed by atoms with Crippen molar-refractivity contribution in [2.75, 3.05) is 26.3 Å². The van der Waals surface area contributed by atoms with Crippen LogP contribution >= 0.6 is 0 Å². The number of benzene rings is 1. The molecule has 2 rings (SSSR count). The van der Waals surface area contributed by atoms with E-state index >= 15 is 0 Å². The molecule has 0 saturated carbocycles. The van der Waals surface area contributed by atoms with Crippen molar-refractivity contribution < 1.29 is 19.1 Å². The van der Waals surface area contributed by atoms with Gasteiger partial charge in [-0.25, -0.2) is 4.79 Å². The highest BCUT2D eigenvalue weighted by atomic mass is 16.6. The number of esters is 1. The van der Waals surface area contributed by atoms with Crippen LogP contribution in [-0.4, -0.2) is 43.1 Å². The molecule has 0 aromatic heterocycles. The monoisotopic (exact) mass is 316 g/mol. The summed E-state index contributed by atoms with van der Waals surface area (Å²) in [4.78, 5) is 25.3. The predicted molar refractivity (Wildman–Crippen MR) is 82.6 cm³/mol. The number of hydrogen-bond acceptors (Lipinski definition) is 5. The van der Waals surface area contributed by atoms with Gasteiger partial charge < -0.3 is 14.4 Å². The summed E-state index contributed by atoms with van der Waals surface area (Å²) in [5.41, 5.74) is 0.515. The van der Waals surface area contributed by atoms with Crippen molar-refractivity contribution >= 4 is 11.9 Å². The summed E-state index contributed by atoms with van der Waals surface area (Å²) in [5, 5.41) is 8.69. The quantitative estimate of drug-likeness (QED) is 0.773. The number of ether oxygens (including phenoxy) is 2. The fraction of sp³-hybridized carbons (Fsp3) is 0.471. The molecule has 1 aromatic carbocycles. The standard InChI is InChI=1S/C17H20N2O4/c1-13-6-8-19(9-7-13)16(20)11-23-17(21)12-22-15-4-2-14(10-18)3-5-15/h2-5,13H,6-9,11-12H2,1H3. The Morgan fingerprint density at radius 2 is 1.87 bits per heavy atom. The molecule has 6 heteroatoms. The summed E-state index contributed by atoms with van der Waals surface area (Å²) in [6.07, 6.45) is 1.98. The Morgan fingerprint density at radius 1 is 1.22 bits per heavy atom. The number of likely N-dealkylation sites (tertiary alicyclic amines) is 1. The first-order chi connectivity index (χ1) is 11.1. The largest absolute Gasteiger partial charge is 0.482 e. The molecule has 122 valence electrons. The summed E-state index contributed by atoms with van der Waals surface area (Å²) < 4.78 is 10.2. The lowest BCUT2D eigenvalue weighted by atomic mass is 9.99. The van der Waals surface area contributed by atoms with Crippen molar-refractivity contribution in [3.05, 3.63) is 29.8 Å². The van der Waals surface area contributed by atoms with Crippen LogP contribution in [-0.2, 0) is 14.3 Å². The van der Waals surface area contributed by atoms with Gasteiger partial charge in [-0.15, -0.1) is 0 Å². The lowest BCUT2D eigenvalue weighted by molar-refractivity contribution is -0.154. The van der Waals surface area contributed by atoms with E-state index in [9.17, 15) is 9.59 Å². The lowest BCUT2D eigenvalue weighted by Crippen LogP contribution is -2.40. The van der Waals surface area contributed by atoms with Crippen LogP contribution in [0.4, 0.5) is 0 Å². The average Bonchev–Trinajstić information content (AvgIpc) is 2.59. The molecule has 1 amide bonds. The Kier molecular flexibility index (Phi) is 5.98. The third-order valence-electron chi connectivity index (χ3n) is 3.83. The van der Waals surface area contributed by atoms with Gasteiger partial charge in [0.2, 0.25) is 0 Å². The number of carbonyl (C=O) groups is 2. The fourth-order valence-corrected chi connectivity index (χ4v) is 2.30. The zero-order valence-corrected chi connectivity index (χ0v) is 13.2. The van der Waals surface area contributed by atoms with Crippen molar-refractivity contribution in [1.29, 1.82) is 5.26 Å². The Labute approximate surface area is 135 Å². The van der Waals surface area contributed by atoms with Gasteiger partial charge in [0.05, 0.1) is 11.6 Å². The topological polar surface area (TPSA) is 79.6 Å². The number of rotatable bonds is 5. The first kappa shape index (κ1) is 16.8. The van der Waals surface area contributed by atoms with Gasteiger partial charge in [0.1, 0.15) is 5.75 Å². The number of carbonyl (C=O) groups excluding carboxylic acids is 2. The highest BCUT2D eigenvalue weighted by Gasteiger charge is 2.21. The van der Waals surface area contributed by atoms with E-state index in [-0.39, 0.29) is 19.1 Å². The molecule has 0 spiro atoms. The third kappa shape index (κ3) is 5.29. The van der Waals surface area contributed by atoms with Gasteiger partial charge >= 0.3 is 5.97 Å². The molecule has 1 aliphatic heterocycles. The van der Waals surface area contributed by atoms with E-state index in [1.807, 2.05) is 6.07 Å². The smallest absolute Gasteiger partial charge is 0.344 e. The van der Waals surface area contributed by atoms with E-state index in [1.165, 1.54) is 0 Å². The summed E-state index contributed by atoms with van der Waals surface area (Å²) in [6, 6.07) is 8.40. The van der Waals surface area contributed by atoms with Gasteiger partial charge in [-0.2, -0.15) is 5.26 Å². The molecule has 1 aromatic rings. The Hall–Kier alpha value is -2.55. The van der Waals surface area contributed by atoms with Gasteiger partial charge in [0.15, 0.2) is 13.2 Å². The molecule has 0 aliphatic carbocycles. The van der Waals surface area contributed by atoms with Crippen LogP contribution in [0.1, 0.15) is 25.3 Å². The van der Waals surface area contributed by atoms with Gasteiger partial charge in [-0.1, -0.05) is 6.92 Å². The van der Waals surface area contributed by atoms with Crippen LogP contribution in [0.3, 0.4) is 0 Å². The summed E-state index contributed by atoms with van der Waals surface area (Å²) in [7, 11) is 0. The van der Waals surface area contributed by atoms with Crippen LogP contribution in [0.5, 0.6) is 5.75 Å². The number of hydrogen-bond donors (Lipinski definition) is 0. The highest BCUT2D eigenvalue weighted by molar-refractivity contribution is 5.81. The Balaban J connectivity index is 1.68. The maximum absolute atomic E-state index is 11.9. The summed E-state index contributed by atoms with van der Waals surface area (Å²) in [6.45, 7) is 3.10. The minimum Gasteiger partial charge on any atom is -0.482 e. The van der Waals surface area contributed by atoms with Gasteiger partial charge in [-0.05, 0) is 43.0 Å². The number of nitrogens with zero attached hydrogens (tertiary/aromatic N) is 2. The Bertz CT molecular complexity index is 584. The van der Waals surface area contributed by atoms with Crippen molar-refractivity contribution in [3.63, 3.8) is 0 Å². The average molecular weight is 316 g/mol. The van der Waals surface area contributed by atoms with Crippen LogP contribution in [0, 0.1) is 17.2 Å². The van der Waals surface area contributed by atoms with Gasteiger partial charge in [-0.3, -0.25) is 4.79 Å². The maximum Gasteiger partial charge on any atom is 0.344 e. The SMILES string of the molecule is CC1CCN(C(=O)COC(=O)COc2ccc(C#N)cc2)CC1. The minimum atomic E-state index is -0.590. The molecule has 0 N–H and O–H groups in total. The zero-order valence-electron chi connectivity index (χ0n) is 13.2. The molecule has 1 fully saturated rings. The second kappa shape index (κ2) is 8.18. The van der Waals surface area contributed by atoms with Gasteiger partial charge in [0, 0.05) is 13.1 Å². The van der Waals surface area contributed by atoms with E-state index in [1.54, 1.807) is 29.2 Å². The highest BCUT2D eigenvalue weighted by Crippen LogP contribution is 2.16. The van der Waals surface area contributed by atoms with E-state index in [0.717, 1.165) is 25.9 Å². The van der Waals surface area contributed by atoms with E-state index in [2.05, 4.69) is 6.92 Å². The Morgan fingerprint density at radius 3 is 2.48 bits per heavy atom. The molecule has 0 unspecified atom stereocenters. The maximum atomic E-state index is 11.9. The van der Waals surface area contributed by atoms with Crippen molar-refractivity contribution in [2.24, 2.45) is 5.92 Å². The number of nitriles is 1. The summed E-state index contributed by atoms with van der Waals surface area (Å²) in [5.74, 6) is 0.358. The molecule has 23 heavy (non-hydrogen) atoms. The predicted octanol–water partition coefficient (Wildman–Crippen LogP) is 1.74. The van der Waals surface area contributed by atoms with Crippen LogP contribution < -0.4 is 4.74 Å². The zero-order chi connectivity index (χ0) is 16.7. The number of amides is 1. The third-order valence-corrected chi connectivity index (χ3v) is 3.83. The number of piperidine rings is 1. The molecule has 0 bridgehead atoms. The molecule has 6 nitrogen and oxygen atoms in total. The van der Waals surface area contributed by atoms with Crippen molar-refractivity contribution in [1.82, 2.24) is 4.90 Å². The van der Waals surface area contributed by atoms with Crippen LogP contribution in [0.2, 0.25) is 0 Å².